The molecule has 4 unspecified atom stereocenters. The van der Waals surface area contributed by atoms with Crippen LogP contribution >= 0.6 is 0 Å². The number of allylic oxidation sites excluding steroid dienone is 4. The van der Waals surface area contributed by atoms with E-state index in [9.17, 15) is 19.5 Å². The van der Waals surface area contributed by atoms with E-state index in [0.717, 1.165) is 6.42 Å². The van der Waals surface area contributed by atoms with Crippen LogP contribution in [0.15, 0.2) is 41.2 Å². The number of Topliss-reactive ketones (excluding diaryl/α,β-unsaturated/α-hetero) is 2. The summed E-state index contributed by atoms with van der Waals surface area (Å²) in [5.74, 6) is -0.691. The molecule has 0 radical (unpaired) electrons. The van der Waals surface area contributed by atoms with Gasteiger partial charge >= 0.3 is 0 Å². The fraction of sp³-hybridized carbons (Fsp3) is 0.553. The Hall–Kier alpha value is -3.69. The van der Waals surface area contributed by atoms with Crippen molar-refractivity contribution in [3.05, 3.63) is 57.9 Å². The molecule has 2 saturated heterocycles. The van der Waals surface area contributed by atoms with Gasteiger partial charge in [0.05, 0.1) is 22.9 Å². The minimum atomic E-state index is -1.56. The third-order valence-corrected chi connectivity index (χ3v) is 11.2. The Balaban J connectivity index is 1.43. The largest absolute Gasteiger partial charge is 0.506 e. The van der Waals surface area contributed by atoms with E-state index >= 15 is 0 Å². The minimum absolute atomic E-state index is 0.0363. The van der Waals surface area contributed by atoms with Crippen molar-refractivity contribution in [1.82, 2.24) is 0 Å². The van der Waals surface area contributed by atoms with Gasteiger partial charge in [-0.05, 0) is 92.9 Å². The van der Waals surface area contributed by atoms with Gasteiger partial charge < -0.3 is 28.8 Å². The van der Waals surface area contributed by atoms with Gasteiger partial charge in [-0.25, -0.2) is 0 Å². The van der Waals surface area contributed by atoms with Crippen molar-refractivity contribution in [2.45, 2.75) is 122 Å². The summed E-state index contributed by atoms with van der Waals surface area (Å²) in [6.07, 6.45) is 11.5. The van der Waals surface area contributed by atoms with Gasteiger partial charge in [-0.15, -0.1) is 0 Å². The van der Waals surface area contributed by atoms with Crippen LogP contribution < -0.4 is 9.47 Å². The molecule has 1 spiro atoms. The summed E-state index contributed by atoms with van der Waals surface area (Å²) in [7, 11) is 0. The average Bonchev–Trinajstić information content (AvgIpc) is 3.55. The second-order valence-electron chi connectivity index (χ2n) is 15.5. The third-order valence-electron chi connectivity index (χ3n) is 11.2. The highest BCUT2D eigenvalue weighted by molar-refractivity contribution is 6.19. The van der Waals surface area contributed by atoms with Crippen molar-refractivity contribution in [2.24, 2.45) is 11.8 Å². The van der Waals surface area contributed by atoms with E-state index in [-0.39, 0.29) is 52.7 Å². The quantitative estimate of drug-likeness (QED) is 0.139. The number of rotatable bonds is 9. The number of aromatic hydroxyl groups is 1. The lowest BCUT2D eigenvalue weighted by Gasteiger charge is -2.56. The molecule has 47 heavy (non-hydrogen) atoms. The van der Waals surface area contributed by atoms with Gasteiger partial charge in [0.2, 0.25) is 0 Å². The van der Waals surface area contributed by atoms with E-state index in [0.29, 0.717) is 53.9 Å². The zero-order valence-electron chi connectivity index (χ0n) is 28.4. The van der Waals surface area contributed by atoms with Crippen LogP contribution in [0.3, 0.4) is 0 Å². The number of carbonyl (C=O) groups is 3. The van der Waals surface area contributed by atoms with Crippen LogP contribution in [-0.2, 0) is 30.2 Å². The second-order valence-corrected chi connectivity index (χ2v) is 15.5. The Labute approximate surface area is 275 Å². The molecule has 9 heteroatoms. The summed E-state index contributed by atoms with van der Waals surface area (Å²) in [5, 5.41) is 11.8. The topological polar surface area (TPSA) is 121 Å². The molecule has 6 atom stereocenters. The van der Waals surface area contributed by atoms with Gasteiger partial charge in [-0.2, -0.15) is 0 Å². The number of hydrogen-bond donors (Lipinski definition) is 1. The first-order chi connectivity index (χ1) is 22.0. The monoisotopic (exact) mass is 644 g/mol. The Kier molecular flexibility index (Phi) is 6.89. The standard InChI is InChI=1S/C38H44O9/c1-20(2)10-9-13-36(8)14-12-23-29(40)28-30(41)25-16-22-17-26-34(4,5)47-37(33(22)42,15-11-21(3)43-19-39)38(25,26)46-32(28)24(31(23)45-36)18-27-35(6,7)44-27/h10-12,14,16,19,22,26-27,40H,9,13,15,17-18H2,1-8H3/t22?,26?,27?,36-,37?,38-/m1/s1. The Morgan fingerprint density at radius 3 is 2.43 bits per heavy atom. The highest BCUT2D eigenvalue weighted by Crippen LogP contribution is 2.69. The molecule has 3 fully saturated rings. The maximum atomic E-state index is 14.8. The molecule has 4 bridgehead atoms. The smallest absolute Gasteiger partial charge is 0.298 e. The summed E-state index contributed by atoms with van der Waals surface area (Å²) in [6, 6.07) is 0. The summed E-state index contributed by atoms with van der Waals surface area (Å²) in [4.78, 5) is 40.3. The van der Waals surface area contributed by atoms with Crippen molar-refractivity contribution in [2.75, 3.05) is 0 Å². The summed E-state index contributed by atoms with van der Waals surface area (Å²) in [5.41, 5.74) is -2.26. The molecular weight excluding hydrogens is 600 g/mol. The van der Waals surface area contributed by atoms with Crippen molar-refractivity contribution in [3.63, 3.8) is 0 Å². The van der Waals surface area contributed by atoms with E-state index in [4.69, 9.17) is 23.7 Å². The van der Waals surface area contributed by atoms with Crippen molar-refractivity contribution in [3.8, 4) is 17.2 Å². The minimum Gasteiger partial charge on any atom is -0.506 e. The molecule has 4 heterocycles. The lowest BCUT2D eigenvalue weighted by molar-refractivity contribution is -0.171. The molecule has 9 nitrogen and oxygen atoms in total. The molecule has 8 rings (SSSR count). The predicted molar refractivity (Wildman–Crippen MR) is 173 cm³/mol. The molecule has 0 aromatic heterocycles. The molecule has 250 valence electrons. The number of phenols is 1. The molecule has 1 aromatic carbocycles. The first kappa shape index (κ1) is 31.9. The molecule has 1 saturated carbocycles. The summed E-state index contributed by atoms with van der Waals surface area (Å²) in [6.45, 7) is 16.0. The SMILES string of the molecule is CC(C)=CCC[C@]1(C)C=Cc2c(O)c3c(c(CC4OC4(C)C)c2O1)O[C@]12C(=CC4CC1C(C)(C)OC2(CC=C(C)OC=O)C4=O)C3=O. The number of phenolic OH excluding ortho intramolecular Hbond substituents is 1. The summed E-state index contributed by atoms with van der Waals surface area (Å²) < 4.78 is 31.9. The van der Waals surface area contributed by atoms with Crippen LogP contribution in [0.2, 0.25) is 0 Å². The van der Waals surface area contributed by atoms with Gasteiger partial charge in [0, 0.05) is 35.8 Å². The normalized spacial score (nSPS) is 34.8. The van der Waals surface area contributed by atoms with E-state index in [1.54, 1.807) is 19.1 Å². The van der Waals surface area contributed by atoms with Gasteiger partial charge in [0.1, 0.15) is 34.2 Å². The average molecular weight is 645 g/mol. The number of ketones is 2. The highest BCUT2D eigenvalue weighted by atomic mass is 16.6. The molecule has 4 aliphatic heterocycles. The molecule has 3 aliphatic carbocycles. The number of epoxide rings is 1. The molecule has 1 N–H and O–H groups in total. The van der Waals surface area contributed by atoms with Crippen molar-refractivity contribution in [1.29, 1.82) is 0 Å². The van der Waals surface area contributed by atoms with E-state index < -0.39 is 28.3 Å². The van der Waals surface area contributed by atoms with Crippen LogP contribution in [0.4, 0.5) is 0 Å². The lowest BCUT2D eigenvalue weighted by Crippen LogP contribution is -2.72. The Bertz CT molecular complexity index is 1740. The molecule has 7 aliphatic rings. The van der Waals surface area contributed by atoms with Gasteiger partial charge in [0.25, 0.3) is 6.47 Å². The number of fused-ring (bicyclic) bond motifs is 2. The van der Waals surface area contributed by atoms with Crippen molar-refractivity contribution >= 4 is 24.1 Å². The van der Waals surface area contributed by atoms with Crippen LogP contribution in [0, 0.1) is 11.8 Å². The first-order valence-electron chi connectivity index (χ1n) is 16.6. The van der Waals surface area contributed by atoms with Crippen LogP contribution in [0.1, 0.15) is 103 Å². The molecule has 0 amide bonds. The maximum Gasteiger partial charge on any atom is 0.298 e. The fourth-order valence-corrected chi connectivity index (χ4v) is 8.70. The Morgan fingerprint density at radius 1 is 1.04 bits per heavy atom. The molecular formula is C38H44O9. The second kappa shape index (κ2) is 10.2. The summed E-state index contributed by atoms with van der Waals surface area (Å²) >= 11 is 0. The van der Waals surface area contributed by atoms with Crippen LogP contribution in [-0.4, -0.2) is 57.3 Å². The number of carbonyl (C=O) groups excluding carboxylic acids is 3. The number of ether oxygens (including phenoxy) is 5. The first-order valence-corrected chi connectivity index (χ1v) is 16.6. The fourth-order valence-electron chi connectivity index (χ4n) is 8.70. The number of hydrogen-bond acceptors (Lipinski definition) is 9. The lowest BCUT2D eigenvalue weighted by atomic mass is 9.51. The zero-order chi connectivity index (χ0) is 33.9. The molecule has 1 aromatic rings. The maximum absolute atomic E-state index is 14.8. The van der Waals surface area contributed by atoms with Crippen LogP contribution in [0.25, 0.3) is 6.08 Å². The van der Waals surface area contributed by atoms with Crippen LogP contribution in [0.5, 0.6) is 17.2 Å². The predicted octanol–water partition coefficient (Wildman–Crippen LogP) is 6.50. The van der Waals surface area contributed by atoms with E-state index in [1.165, 1.54) is 5.57 Å². The van der Waals surface area contributed by atoms with Crippen molar-refractivity contribution < 1.29 is 43.2 Å². The van der Waals surface area contributed by atoms with Gasteiger partial charge in [-0.3, -0.25) is 14.4 Å². The van der Waals surface area contributed by atoms with E-state index in [1.807, 2.05) is 46.8 Å². The third kappa shape index (κ3) is 4.45. The Morgan fingerprint density at radius 2 is 1.77 bits per heavy atom. The van der Waals surface area contributed by atoms with Gasteiger partial charge in [-0.1, -0.05) is 17.7 Å². The van der Waals surface area contributed by atoms with E-state index in [2.05, 4.69) is 19.9 Å². The highest BCUT2D eigenvalue weighted by Gasteiger charge is 2.81. The number of benzene rings is 1. The van der Waals surface area contributed by atoms with Gasteiger partial charge in [0.15, 0.2) is 22.8 Å². The zero-order valence-corrected chi connectivity index (χ0v) is 28.4.